The van der Waals surface area contributed by atoms with Crippen molar-refractivity contribution in [3.8, 4) is 0 Å². The van der Waals surface area contributed by atoms with E-state index >= 15 is 0 Å². The van der Waals surface area contributed by atoms with Crippen LogP contribution in [0.25, 0.3) is 0 Å². The molecule has 0 atom stereocenters. The first kappa shape index (κ1) is 10.5. The highest BCUT2D eigenvalue weighted by atomic mass is 32.2. The molecule has 3 nitrogen and oxygen atoms in total. The summed E-state index contributed by atoms with van der Waals surface area (Å²) in [6, 6.07) is 4.12. The SMILES string of the molecule is CCc1cccnc1CNC1=NCCS1. The number of aryl methyl sites for hydroxylation is 1. The zero-order valence-electron chi connectivity index (χ0n) is 8.86. The Bertz CT molecular complexity index is 363. The Kier molecular flexibility index (Phi) is 3.61. The van der Waals surface area contributed by atoms with Gasteiger partial charge in [-0.3, -0.25) is 9.98 Å². The predicted molar refractivity (Wildman–Crippen MR) is 65.2 cm³/mol. The summed E-state index contributed by atoms with van der Waals surface area (Å²) in [5, 5.41) is 4.38. The van der Waals surface area contributed by atoms with Crippen molar-refractivity contribution in [2.45, 2.75) is 19.9 Å². The average Bonchev–Trinajstić information content (AvgIpc) is 2.79. The van der Waals surface area contributed by atoms with Crippen molar-refractivity contribution in [1.82, 2.24) is 10.3 Å². The number of thioether (sulfide) groups is 1. The van der Waals surface area contributed by atoms with Gasteiger partial charge in [0.15, 0.2) is 5.17 Å². The van der Waals surface area contributed by atoms with Crippen LogP contribution in [-0.4, -0.2) is 22.4 Å². The molecule has 0 fully saturated rings. The molecule has 2 rings (SSSR count). The maximum absolute atomic E-state index is 4.38. The first-order valence-corrected chi connectivity index (χ1v) is 6.22. The quantitative estimate of drug-likeness (QED) is 0.846. The zero-order chi connectivity index (χ0) is 10.5. The molecule has 0 saturated heterocycles. The minimum atomic E-state index is 0.788. The number of rotatable bonds is 3. The molecule has 4 heteroatoms. The van der Waals surface area contributed by atoms with Crippen LogP contribution in [0.1, 0.15) is 18.2 Å². The molecule has 1 aromatic heterocycles. The van der Waals surface area contributed by atoms with E-state index < -0.39 is 0 Å². The van der Waals surface area contributed by atoms with Crippen molar-refractivity contribution in [2.75, 3.05) is 12.3 Å². The molecule has 0 spiro atoms. The average molecular weight is 221 g/mol. The van der Waals surface area contributed by atoms with Gasteiger partial charge >= 0.3 is 0 Å². The van der Waals surface area contributed by atoms with Crippen LogP contribution in [0, 0.1) is 0 Å². The lowest BCUT2D eigenvalue weighted by Crippen LogP contribution is -2.19. The molecule has 1 aliphatic rings. The molecular weight excluding hydrogens is 206 g/mol. The Morgan fingerprint density at radius 3 is 3.20 bits per heavy atom. The summed E-state index contributed by atoms with van der Waals surface area (Å²) >= 11 is 1.79. The van der Waals surface area contributed by atoms with Crippen LogP contribution in [0.3, 0.4) is 0 Å². The normalized spacial score (nSPS) is 15.1. The highest BCUT2D eigenvalue weighted by Gasteiger charge is 2.07. The molecule has 0 saturated carbocycles. The lowest BCUT2D eigenvalue weighted by atomic mass is 10.1. The molecular formula is C11H15N3S. The monoisotopic (exact) mass is 221 g/mol. The van der Waals surface area contributed by atoms with Crippen molar-refractivity contribution >= 4 is 16.9 Å². The Hall–Kier alpha value is -1.03. The van der Waals surface area contributed by atoms with Crippen molar-refractivity contribution in [1.29, 1.82) is 0 Å². The number of aromatic nitrogens is 1. The number of nitrogens with zero attached hydrogens (tertiary/aromatic N) is 2. The number of hydrogen-bond donors (Lipinski definition) is 1. The minimum Gasteiger partial charge on any atom is -0.359 e. The van der Waals surface area contributed by atoms with Crippen LogP contribution in [-0.2, 0) is 13.0 Å². The molecule has 0 unspecified atom stereocenters. The van der Waals surface area contributed by atoms with Gasteiger partial charge < -0.3 is 5.32 Å². The van der Waals surface area contributed by atoms with E-state index in [1.165, 1.54) is 5.56 Å². The van der Waals surface area contributed by atoms with Crippen LogP contribution in [0.15, 0.2) is 23.3 Å². The van der Waals surface area contributed by atoms with Crippen molar-refractivity contribution in [2.24, 2.45) is 4.99 Å². The maximum atomic E-state index is 4.38. The van der Waals surface area contributed by atoms with Gasteiger partial charge in [-0.2, -0.15) is 0 Å². The third-order valence-corrected chi connectivity index (χ3v) is 3.29. The van der Waals surface area contributed by atoms with Crippen LogP contribution < -0.4 is 5.32 Å². The number of pyridine rings is 1. The maximum Gasteiger partial charge on any atom is 0.156 e. The molecule has 15 heavy (non-hydrogen) atoms. The van der Waals surface area contributed by atoms with E-state index in [1.54, 1.807) is 11.8 Å². The summed E-state index contributed by atoms with van der Waals surface area (Å²) in [6.07, 6.45) is 2.88. The second kappa shape index (κ2) is 5.16. The van der Waals surface area contributed by atoms with E-state index in [1.807, 2.05) is 12.3 Å². The van der Waals surface area contributed by atoms with Gasteiger partial charge in [0.1, 0.15) is 0 Å². The summed E-state index contributed by atoms with van der Waals surface area (Å²) in [5.41, 5.74) is 2.45. The van der Waals surface area contributed by atoms with Gasteiger partial charge in [0.2, 0.25) is 0 Å². The fourth-order valence-electron chi connectivity index (χ4n) is 1.55. The van der Waals surface area contributed by atoms with Crippen molar-refractivity contribution in [3.05, 3.63) is 29.6 Å². The Morgan fingerprint density at radius 2 is 2.47 bits per heavy atom. The van der Waals surface area contributed by atoms with Gasteiger partial charge in [-0.05, 0) is 18.1 Å². The second-order valence-electron chi connectivity index (χ2n) is 3.35. The number of aliphatic imine (C=N–C) groups is 1. The molecule has 80 valence electrons. The summed E-state index contributed by atoms with van der Waals surface area (Å²) < 4.78 is 0. The lowest BCUT2D eigenvalue weighted by molar-refractivity contribution is 0.854. The van der Waals surface area contributed by atoms with E-state index in [-0.39, 0.29) is 0 Å². The second-order valence-corrected chi connectivity index (χ2v) is 4.44. The van der Waals surface area contributed by atoms with Crippen LogP contribution in [0.4, 0.5) is 0 Å². The van der Waals surface area contributed by atoms with E-state index in [9.17, 15) is 0 Å². The summed E-state index contributed by atoms with van der Waals surface area (Å²) in [6.45, 7) is 3.88. The van der Waals surface area contributed by atoms with Gasteiger partial charge in [0.25, 0.3) is 0 Å². The van der Waals surface area contributed by atoms with E-state index in [0.29, 0.717) is 0 Å². The van der Waals surface area contributed by atoms with Gasteiger partial charge in [0.05, 0.1) is 18.8 Å². The first-order chi connectivity index (χ1) is 7.40. The van der Waals surface area contributed by atoms with E-state index in [4.69, 9.17) is 0 Å². The smallest absolute Gasteiger partial charge is 0.156 e. The zero-order valence-corrected chi connectivity index (χ0v) is 9.68. The molecule has 0 aliphatic carbocycles. The van der Waals surface area contributed by atoms with Gasteiger partial charge in [0, 0.05) is 11.9 Å². The summed E-state index contributed by atoms with van der Waals surface area (Å²) in [7, 11) is 0. The van der Waals surface area contributed by atoms with E-state index in [2.05, 4.69) is 28.3 Å². The highest BCUT2D eigenvalue weighted by molar-refractivity contribution is 8.14. The predicted octanol–water partition coefficient (Wildman–Crippen LogP) is 1.84. The molecule has 0 aromatic carbocycles. The fraction of sp³-hybridized carbons (Fsp3) is 0.455. The van der Waals surface area contributed by atoms with E-state index in [0.717, 1.165) is 36.1 Å². The molecule has 0 amide bonds. The van der Waals surface area contributed by atoms with Crippen molar-refractivity contribution in [3.63, 3.8) is 0 Å². The molecule has 0 bridgehead atoms. The Labute approximate surface area is 94.4 Å². The van der Waals surface area contributed by atoms with Crippen LogP contribution >= 0.6 is 11.8 Å². The topological polar surface area (TPSA) is 37.3 Å². The van der Waals surface area contributed by atoms with Gasteiger partial charge in [-0.25, -0.2) is 0 Å². The third kappa shape index (κ3) is 2.72. The van der Waals surface area contributed by atoms with Crippen molar-refractivity contribution < 1.29 is 0 Å². The number of amidine groups is 1. The number of nitrogens with one attached hydrogen (secondary N) is 1. The van der Waals surface area contributed by atoms with Crippen LogP contribution in [0.5, 0.6) is 0 Å². The molecule has 0 radical (unpaired) electrons. The van der Waals surface area contributed by atoms with Gasteiger partial charge in [-0.15, -0.1) is 0 Å². The van der Waals surface area contributed by atoms with Gasteiger partial charge in [-0.1, -0.05) is 24.8 Å². The standard InChI is InChI=1S/C11H15N3S/c1-2-9-4-3-5-12-10(9)8-14-11-13-6-7-15-11/h3-5H,2,6-8H2,1H3,(H,13,14). The minimum absolute atomic E-state index is 0.788. The summed E-state index contributed by atoms with van der Waals surface area (Å²) in [4.78, 5) is 8.73. The molecule has 1 aliphatic heterocycles. The Balaban J connectivity index is 1.97. The Morgan fingerprint density at radius 1 is 1.53 bits per heavy atom. The summed E-state index contributed by atoms with van der Waals surface area (Å²) in [5.74, 6) is 1.10. The molecule has 2 heterocycles. The highest BCUT2D eigenvalue weighted by Crippen LogP contribution is 2.11. The third-order valence-electron chi connectivity index (χ3n) is 2.36. The fourth-order valence-corrected chi connectivity index (χ4v) is 2.29. The largest absolute Gasteiger partial charge is 0.359 e. The number of hydrogen-bond acceptors (Lipinski definition) is 4. The molecule has 1 aromatic rings. The van der Waals surface area contributed by atoms with Crippen LogP contribution in [0.2, 0.25) is 0 Å². The first-order valence-electron chi connectivity index (χ1n) is 5.24. The lowest BCUT2D eigenvalue weighted by Gasteiger charge is -2.08. The molecule has 1 N–H and O–H groups in total.